The topological polar surface area (TPSA) is 18.5 Å². The fourth-order valence-corrected chi connectivity index (χ4v) is 2.90. The van der Waals surface area contributed by atoms with Gasteiger partial charge in [0.25, 0.3) is 0 Å². The molecule has 0 saturated carbocycles. The predicted octanol–water partition coefficient (Wildman–Crippen LogP) is 3.01. The van der Waals surface area contributed by atoms with E-state index in [9.17, 15) is 0 Å². The Hall–Kier alpha value is -0.760. The molecule has 82 valence electrons. The minimum Gasteiger partial charge on any atom is -0.467 e. The smallest absolute Gasteiger partial charge is 0.204 e. The maximum Gasteiger partial charge on any atom is 0.204 e. The monoisotopic (exact) mass is 206 g/mol. The van der Waals surface area contributed by atoms with E-state index < -0.39 is 5.79 Å². The van der Waals surface area contributed by atoms with Crippen molar-refractivity contribution >= 4 is 0 Å². The van der Waals surface area contributed by atoms with E-state index in [1.165, 1.54) is 24.8 Å². The van der Waals surface area contributed by atoms with Gasteiger partial charge in [-0.15, -0.1) is 0 Å². The highest BCUT2D eigenvalue weighted by atomic mass is 16.7. The molecule has 3 aliphatic rings. The molecule has 0 spiro atoms. The van der Waals surface area contributed by atoms with Gasteiger partial charge in [0.15, 0.2) is 0 Å². The lowest BCUT2D eigenvalue weighted by molar-refractivity contribution is -0.233. The van der Waals surface area contributed by atoms with Crippen molar-refractivity contribution in [1.82, 2.24) is 0 Å². The van der Waals surface area contributed by atoms with E-state index in [2.05, 4.69) is 12.2 Å². The Morgan fingerprint density at radius 2 is 2.20 bits per heavy atom. The molecule has 3 rings (SSSR count). The number of allylic oxidation sites excluding steroid dienone is 3. The van der Waals surface area contributed by atoms with Crippen LogP contribution in [0.5, 0.6) is 0 Å². The maximum absolute atomic E-state index is 5.89. The van der Waals surface area contributed by atoms with Gasteiger partial charge in [-0.05, 0) is 36.8 Å². The molecule has 2 aliphatic carbocycles. The molecule has 0 amide bonds. The van der Waals surface area contributed by atoms with Gasteiger partial charge in [0, 0.05) is 19.8 Å². The van der Waals surface area contributed by atoms with E-state index in [-0.39, 0.29) is 0 Å². The van der Waals surface area contributed by atoms with Crippen LogP contribution in [0.15, 0.2) is 23.5 Å². The van der Waals surface area contributed by atoms with Crippen molar-refractivity contribution in [3.63, 3.8) is 0 Å². The van der Waals surface area contributed by atoms with E-state index in [0.717, 1.165) is 12.4 Å². The highest BCUT2D eigenvalue weighted by molar-refractivity contribution is 5.35. The van der Waals surface area contributed by atoms with Crippen molar-refractivity contribution in [3.05, 3.63) is 23.5 Å². The van der Waals surface area contributed by atoms with E-state index in [0.29, 0.717) is 11.8 Å². The lowest BCUT2D eigenvalue weighted by Gasteiger charge is -2.37. The summed E-state index contributed by atoms with van der Waals surface area (Å²) >= 11 is 0. The lowest BCUT2D eigenvalue weighted by Crippen LogP contribution is -2.38. The van der Waals surface area contributed by atoms with Crippen LogP contribution in [0, 0.1) is 11.8 Å². The van der Waals surface area contributed by atoms with Crippen LogP contribution < -0.4 is 0 Å². The molecular formula is C13H18O2. The van der Waals surface area contributed by atoms with Crippen LogP contribution in [0.4, 0.5) is 0 Å². The Kier molecular flexibility index (Phi) is 1.96. The Morgan fingerprint density at radius 1 is 1.33 bits per heavy atom. The minimum absolute atomic E-state index is 0.434. The van der Waals surface area contributed by atoms with Crippen LogP contribution in [-0.4, -0.2) is 12.4 Å². The molecule has 0 bridgehead atoms. The first-order valence-electron chi connectivity index (χ1n) is 5.90. The van der Waals surface area contributed by atoms with Gasteiger partial charge in [-0.3, -0.25) is 0 Å². The molecule has 1 fully saturated rings. The first-order chi connectivity index (χ1) is 7.16. The van der Waals surface area contributed by atoms with Gasteiger partial charge in [0.1, 0.15) is 5.76 Å². The molecule has 2 unspecified atom stereocenters. The van der Waals surface area contributed by atoms with Crippen molar-refractivity contribution in [3.8, 4) is 0 Å². The third-order valence-electron chi connectivity index (χ3n) is 3.66. The zero-order chi connectivity index (χ0) is 10.5. The molecule has 0 N–H and O–H groups in total. The van der Waals surface area contributed by atoms with Crippen LogP contribution in [0.25, 0.3) is 0 Å². The molecule has 0 aromatic heterocycles. The molecule has 0 aromatic rings. The predicted molar refractivity (Wildman–Crippen MR) is 58.1 cm³/mol. The first kappa shape index (κ1) is 9.46. The van der Waals surface area contributed by atoms with E-state index in [4.69, 9.17) is 9.47 Å². The Labute approximate surface area is 90.9 Å². The van der Waals surface area contributed by atoms with Gasteiger partial charge in [-0.2, -0.15) is 0 Å². The fraction of sp³-hybridized carbons (Fsp3) is 0.692. The number of hydrogen-bond donors (Lipinski definition) is 0. The molecule has 2 heteroatoms. The summed E-state index contributed by atoms with van der Waals surface area (Å²) in [5, 5.41) is 0. The summed E-state index contributed by atoms with van der Waals surface area (Å²) in [6, 6.07) is 0. The highest BCUT2D eigenvalue weighted by Gasteiger charge is 2.42. The summed E-state index contributed by atoms with van der Waals surface area (Å²) in [5.41, 5.74) is 1.49. The van der Waals surface area contributed by atoms with Crippen LogP contribution in [0.2, 0.25) is 0 Å². The number of rotatable bonds is 0. The van der Waals surface area contributed by atoms with Gasteiger partial charge < -0.3 is 9.47 Å². The van der Waals surface area contributed by atoms with Gasteiger partial charge in [0.05, 0.1) is 6.61 Å². The van der Waals surface area contributed by atoms with Gasteiger partial charge in [-0.25, -0.2) is 0 Å². The summed E-state index contributed by atoms with van der Waals surface area (Å²) in [4.78, 5) is 0. The average Bonchev–Trinajstić information content (AvgIpc) is 2.52. The van der Waals surface area contributed by atoms with E-state index in [1.54, 1.807) is 0 Å². The van der Waals surface area contributed by atoms with Crippen molar-refractivity contribution < 1.29 is 9.47 Å². The molecule has 2 nitrogen and oxygen atoms in total. The average molecular weight is 206 g/mol. The number of ether oxygens (including phenoxy) is 2. The Balaban J connectivity index is 1.89. The van der Waals surface area contributed by atoms with Crippen molar-refractivity contribution in [2.24, 2.45) is 11.8 Å². The Morgan fingerprint density at radius 3 is 3.07 bits per heavy atom. The zero-order valence-electron chi connectivity index (χ0n) is 9.45. The molecule has 1 aliphatic heterocycles. The summed E-state index contributed by atoms with van der Waals surface area (Å²) in [6.07, 6.45) is 8.46. The van der Waals surface area contributed by atoms with Crippen LogP contribution in [0.3, 0.4) is 0 Å². The third kappa shape index (κ3) is 1.51. The second-order valence-electron chi connectivity index (χ2n) is 5.21. The van der Waals surface area contributed by atoms with Gasteiger partial charge >= 0.3 is 0 Å². The van der Waals surface area contributed by atoms with Crippen LogP contribution in [-0.2, 0) is 9.47 Å². The molecule has 15 heavy (non-hydrogen) atoms. The minimum atomic E-state index is -0.434. The van der Waals surface area contributed by atoms with Crippen molar-refractivity contribution in [1.29, 1.82) is 0 Å². The zero-order valence-corrected chi connectivity index (χ0v) is 9.45. The normalized spacial score (nSPS) is 37.2. The first-order valence-corrected chi connectivity index (χ1v) is 5.90. The van der Waals surface area contributed by atoms with Gasteiger partial charge in [-0.1, -0.05) is 6.08 Å². The summed E-state index contributed by atoms with van der Waals surface area (Å²) in [6.45, 7) is 4.79. The molecule has 0 aromatic carbocycles. The highest BCUT2D eigenvalue weighted by Crippen LogP contribution is 2.46. The van der Waals surface area contributed by atoms with Crippen molar-refractivity contribution in [2.75, 3.05) is 6.61 Å². The van der Waals surface area contributed by atoms with E-state index in [1.807, 2.05) is 13.8 Å². The molecule has 2 atom stereocenters. The SMILES string of the molecule is CC1(C)OCC2C(=CC3=CCCCC32)O1. The third-order valence-corrected chi connectivity index (χ3v) is 3.66. The van der Waals surface area contributed by atoms with Crippen molar-refractivity contribution in [2.45, 2.75) is 38.9 Å². The quantitative estimate of drug-likeness (QED) is 0.606. The molecular weight excluding hydrogens is 188 g/mol. The van der Waals surface area contributed by atoms with Crippen LogP contribution >= 0.6 is 0 Å². The fourth-order valence-electron chi connectivity index (χ4n) is 2.90. The van der Waals surface area contributed by atoms with Crippen LogP contribution in [0.1, 0.15) is 33.1 Å². The van der Waals surface area contributed by atoms with E-state index >= 15 is 0 Å². The number of fused-ring (bicyclic) bond motifs is 3. The van der Waals surface area contributed by atoms with Gasteiger partial charge in [0.2, 0.25) is 5.79 Å². The maximum atomic E-state index is 5.89. The number of hydrogen-bond acceptors (Lipinski definition) is 2. The summed E-state index contributed by atoms with van der Waals surface area (Å²) in [7, 11) is 0. The molecule has 0 radical (unpaired) electrons. The second kappa shape index (κ2) is 3.11. The lowest BCUT2D eigenvalue weighted by atomic mass is 9.83. The largest absolute Gasteiger partial charge is 0.467 e. The summed E-state index contributed by atoms with van der Waals surface area (Å²) < 4.78 is 11.6. The summed E-state index contributed by atoms with van der Waals surface area (Å²) in [5.74, 6) is 1.88. The molecule has 1 saturated heterocycles. The standard InChI is InChI=1S/C13H18O2/c1-13(2)14-8-11-10-6-4-3-5-9(10)7-12(11)15-13/h5,7,10-11H,3-4,6,8H2,1-2H3. The Bertz CT molecular complexity index is 338. The molecule has 1 heterocycles. The second-order valence-corrected chi connectivity index (χ2v) is 5.21.